The number of rotatable bonds is 3. The Labute approximate surface area is 156 Å². The maximum Gasteiger partial charge on any atom is 0.221 e. The first-order valence-corrected chi connectivity index (χ1v) is 9.07. The van der Waals surface area contributed by atoms with Crippen LogP contribution in [0, 0.1) is 5.82 Å². The Morgan fingerprint density at radius 1 is 1.04 bits per heavy atom. The van der Waals surface area contributed by atoms with Crippen LogP contribution in [0.1, 0.15) is 0 Å². The topological polar surface area (TPSA) is 92.5 Å². The average molecular weight is 376 g/mol. The molecule has 27 heavy (non-hydrogen) atoms. The van der Waals surface area contributed by atoms with Crippen molar-refractivity contribution in [2.45, 2.75) is 0 Å². The highest BCUT2D eigenvalue weighted by molar-refractivity contribution is 7.17. The standard InChI is InChI=1S/C19H13FN6S/c20-10-4-5-15-13(8-10)18(26-25-15)23-17-14(9-22-19(21)24-17)11-2-1-3-16-12(11)6-7-27-16/h1-9H,(H4,21,22,23,24,25,26). The summed E-state index contributed by atoms with van der Waals surface area (Å²) in [7, 11) is 0. The number of benzene rings is 2. The molecule has 0 aliphatic heterocycles. The van der Waals surface area contributed by atoms with Gasteiger partial charge in [0.05, 0.1) is 5.52 Å². The van der Waals surface area contributed by atoms with E-state index in [0.717, 1.165) is 22.0 Å². The molecule has 0 saturated carbocycles. The van der Waals surface area contributed by atoms with Gasteiger partial charge in [-0.05, 0) is 41.3 Å². The quantitative estimate of drug-likeness (QED) is 0.424. The van der Waals surface area contributed by atoms with E-state index in [1.54, 1.807) is 23.6 Å². The van der Waals surface area contributed by atoms with E-state index in [1.807, 2.05) is 17.5 Å². The van der Waals surface area contributed by atoms with Crippen LogP contribution >= 0.6 is 11.3 Å². The van der Waals surface area contributed by atoms with E-state index in [9.17, 15) is 4.39 Å². The first-order valence-electron chi connectivity index (χ1n) is 8.19. The van der Waals surface area contributed by atoms with Crippen molar-refractivity contribution in [1.82, 2.24) is 20.2 Å². The number of thiophene rings is 1. The molecule has 0 aliphatic rings. The first-order chi connectivity index (χ1) is 13.2. The Bertz CT molecular complexity index is 1290. The van der Waals surface area contributed by atoms with Crippen molar-refractivity contribution in [3.05, 3.63) is 59.9 Å². The summed E-state index contributed by atoms with van der Waals surface area (Å²) < 4.78 is 14.8. The molecule has 0 fully saturated rings. The van der Waals surface area contributed by atoms with E-state index in [-0.39, 0.29) is 11.8 Å². The number of nitrogen functional groups attached to an aromatic ring is 1. The zero-order chi connectivity index (χ0) is 18.4. The van der Waals surface area contributed by atoms with Crippen LogP contribution in [0.5, 0.6) is 0 Å². The molecule has 0 spiro atoms. The number of halogens is 1. The van der Waals surface area contributed by atoms with Crippen LogP contribution in [0.25, 0.3) is 32.1 Å². The lowest BCUT2D eigenvalue weighted by atomic mass is 10.0. The molecule has 0 radical (unpaired) electrons. The summed E-state index contributed by atoms with van der Waals surface area (Å²) in [5, 5.41) is 14.1. The number of H-pyrrole nitrogens is 1. The van der Waals surface area contributed by atoms with Gasteiger partial charge in [0.25, 0.3) is 0 Å². The molecule has 0 amide bonds. The van der Waals surface area contributed by atoms with Gasteiger partial charge in [0.1, 0.15) is 11.6 Å². The normalized spacial score (nSPS) is 11.3. The van der Waals surface area contributed by atoms with E-state index in [2.05, 4.69) is 37.6 Å². The van der Waals surface area contributed by atoms with Crippen molar-refractivity contribution >= 4 is 49.9 Å². The molecule has 0 saturated heterocycles. The van der Waals surface area contributed by atoms with Gasteiger partial charge in [0, 0.05) is 27.2 Å². The second-order valence-corrected chi connectivity index (χ2v) is 6.96. The van der Waals surface area contributed by atoms with Crippen LogP contribution in [-0.4, -0.2) is 20.2 Å². The maximum atomic E-state index is 13.7. The third-order valence-corrected chi connectivity index (χ3v) is 5.24. The van der Waals surface area contributed by atoms with Gasteiger partial charge in [-0.2, -0.15) is 10.1 Å². The largest absolute Gasteiger partial charge is 0.368 e. The molecule has 0 unspecified atom stereocenters. The minimum Gasteiger partial charge on any atom is -0.368 e. The van der Waals surface area contributed by atoms with Gasteiger partial charge in [-0.1, -0.05) is 12.1 Å². The lowest BCUT2D eigenvalue weighted by Crippen LogP contribution is -2.02. The predicted octanol–water partition coefficient (Wildman–Crippen LogP) is 4.70. The highest BCUT2D eigenvalue weighted by Crippen LogP contribution is 2.36. The number of anilines is 3. The molecule has 2 aromatic carbocycles. The lowest BCUT2D eigenvalue weighted by Gasteiger charge is -2.11. The minimum atomic E-state index is -0.336. The Morgan fingerprint density at radius 2 is 1.96 bits per heavy atom. The molecule has 4 N–H and O–H groups in total. The highest BCUT2D eigenvalue weighted by Gasteiger charge is 2.15. The van der Waals surface area contributed by atoms with Crippen molar-refractivity contribution in [3.8, 4) is 11.1 Å². The van der Waals surface area contributed by atoms with Gasteiger partial charge in [0.2, 0.25) is 5.95 Å². The fraction of sp³-hybridized carbons (Fsp3) is 0. The Morgan fingerprint density at radius 3 is 2.89 bits per heavy atom. The molecule has 3 heterocycles. The fourth-order valence-corrected chi connectivity index (χ4v) is 3.92. The molecule has 0 atom stereocenters. The number of nitrogens with zero attached hydrogens (tertiary/aromatic N) is 3. The molecular weight excluding hydrogens is 363 g/mol. The zero-order valence-corrected chi connectivity index (χ0v) is 14.7. The van der Waals surface area contributed by atoms with Crippen LogP contribution in [0.3, 0.4) is 0 Å². The molecule has 0 bridgehead atoms. The molecule has 8 heteroatoms. The SMILES string of the molecule is Nc1ncc(-c2cccc3sccc23)c(Nc2n[nH]c3ccc(F)cc23)n1. The second-order valence-electron chi connectivity index (χ2n) is 6.02. The van der Waals surface area contributed by atoms with E-state index in [0.29, 0.717) is 17.0 Å². The summed E-state index contributed by atoms with van der Waals surface area (Å²) >= 11 is 1.67. The number of nitrogens with two attached hydrogens (primary N) is 1. The summed E-state index contributed by atoms with van der Waals surface area (Å²) in [6, 6.07) is 12.6. The van der Waals surface area contributed by atoms with Crippen molar-refractivity contribution in [2.24, 2.45) is 0 Å². The molecule has 5 aromatic rings. The molecule has 6 nitrogen and oxygen atoms in total. The van der Waals surface area contributed by atoms with Gasteiger partial charge in [0.15, 0.2) is 5.82 Å². The number of hydrogen-bond donors (Lipinski definition) is 3. The van der Waals surface area contributed by atoms with E-state index >= 15 is 0 Å². The van der Waals surface area contributed by atoms with Crippen LogP contribution < -0.4 is 11.1 Å². The second kappa shape index (κ2) is 6.03. The van der Waals surface area contributed by atoms with Gasteiger partial charge in [-0.25, -0.2) is 9.37 Å². The number of nitrogens with one attached hydrogen (secondary N) is 2. The molecular formula is C19H13FN6S. The fourth-order valence-electron chi connectivity index (χ4n) is 3.11. The van der Waals surface area contributed by atoms with Crippen LogP contribution in [0.2, 0.25) is 0 Å². The van der Waals surface area contributed by atoms with Crippen LogP contribution in [0.4, 0.5) is 22.0 Å². The monoisotopic (exact) mass is 376 g/mol. The highest BCUT2D eigenvalue weighted by atomic mass is 32.1. The third-order valence-electron chi connectivity index (χ3n) is 4.36. The molecule has 132 valence electrons. The zero-order valence-electron chi connectivity index (χ0n) is 13.9. The Balaban J connectivity index is 1.67. The van der Waals surface area contributed by atoms with Gasteiger partial charge < -0.3 is 11.1 Å². The van der Waals surface area contributed by atoms with E-state index in [4.69, 9.17) is 5.73 Å². The first kappa shape index (κ1) is 15.7. The van der Waals surface area contributed by atoms with Crippen molar-refractivity contribution in [1.29, 1.82) is 0 Å². The van der Waals surface area contributed by atoms with Gasteiger partial charge in [-0.15, -0.1) is 11.3 Å². The Hall–Kier alpha value is -3.52. The lowest BCUT2D eigenvalue weighted by molar-refractivity contribution is 0.630. The minimum absolute atomic E-state index is 0.143. The summed E-state index contributed by atoms with van der Waals surface area (Å²) in [5.74, 6) is 0.794. The predicted molar refractivity (Wildman–Crippen MR) is 107 cm³/mol. The summed E-state index contributed by atoms with van der Waals surface area (Å²) in [6.45, 7) is 0. The van der Waals surface area contributed by atoms with Gasteiger partial charge in [-0.3, -0.25) is 5.10 Å². The van der Waals surface area contributed by atoms with Gasteiger partial charge >= 0.3 is 0 Å². The van der Waals surface area contributed by atoms with Crippen molar-refractivity contribution < 1.29 is 4.39 Å². The van der Waals surface area contributed by atoms with E-state index < -0.39 is 0 Å². The number of aromatic nitrogens is 4. The molecule has 0 aliphatic carbocycles. The average Bonchev–Trinajstić information content (AvgIpc) is 3.29. The number of aromatic amines is 1. The summed E-state index contributed by atoms with van der Waals surface area (Å²) in [4.78, 5) is 8.51. The van der Waals surface area contributed by atoms with Crippen LogP contribution in [-0.2, 0) is 0 Å². The number of fused-ring (bicyclic) bond motifs is 2. The summed E-state index contributed by atoms with van der Waals surface area (Å²) in [6.07, 6.45) is 1.69. The Kier molecular flexibility index (Phi) is 3.51. The summed E-state index contributed by atoms with van der Waals surface area (Å²) in [5.41, 5.74) is 8.32. The van der Waals surface area contributed by atoms with E-state index in [1.165, 1.54) is 16.8 Å². The van der Waals surface area contributed by atoms with Crippen molar-refractivity contribution in [3.63, 3.8) is 0 Å². The maximum absolute atomic E-state index is 13.7. The smallest absolute Gasteiger partial charge is 0.221 e. The molecule has 5 rings (SSSR count). The molecule has 3 aromatic heterocycles. The number of hydrogen-bond acceptors (Lipinski definition) is 6. The van der Waals surface area contributed by atoms with Crippen molar-refractivity contribution in [2.75, 3.05) is 11.1 Å². The van der Waals surface area contributed by atoms with Crippen LogP contribution in [0.15, 0.2) is 54.0 Å². The third kappa shape index (κ3) is 2.67.